The van der Waals surface area contributed by atoms with Crippen LogP contribution in [0.15, 0.2) is 18.2 Å². The van der Waals surface area contributed by atoms with Gasteiger partial charge in [0, 0.05) is 29.2 Å². The average Bonchev–Trinajstić information content (AvgIpc) is 2.87. The molecule has 118 valence electrons. The van der Waals surface area contributed by atoms with Gasteiger partial charge in [-0.1, -0.05) is 0 Å². The Morgan fingerprint density at radius 1 is 1.41 bits per heavy atom. The van der Waals surface area contributed by atoms with E-state index in [1.165, 1.54) is 12.8 Å². The van der Waals surface area contributed by atoms with Crippen LogP contribution in [0.5, 0.6) is 5.75 Å². The molecule has 0 aliphatic carbocycles. The SMILES string of the molecule is CNC1CCc2c(CC(=O)OC)c3cc(OC)ccc3n2C1. The number of likely N-dealkylation sites (N-methyl/N-ethyl adjacent to an activating group) is 1. The molecule has 1 atom stereocenters. The maximum atomic E-state index is 11.8. The minimum absolute atomic E-state index is 0.200. The molecule has 0 bridgehead atoms. The van der Waals surface area contributed by atoms with Gasteiger partial charge in [0.05, 0.1) is 20.6 Å². The van der Waals surface area contributed by atoms with E-state index >= 15 is 0 Å². The Kier molecular flexibility index (Phi) is 4.07. The van der Waals surface area contributed by atoms with Gasteiger partial charge in [0.2, 0.25) is 0 Å². The van der Waals surface area contributed by atoms with Crippen molar-refractivity contribution in [3.63, 3.8) is 0 Å². The third kappa shape index (κ3) is 2.46. The van der Waals surface area contributed by atoms with Crippen LogP contribution >= 0.6 is 0 Å². The Hall–Kier alpha value is -2.01. The van der Waals surface area contributed by atoms with E-state index in [0.29, 0.717) is 12.5 Å². The predicted molar refractivity (Wildman–Crippen MR) is 85.4 cm³/mol. The minimum atomic E-state index is -0.200. The Morgan fingerprint density at radius 3 is 2.91 bits per heavy atom. The monoisotopic (exact) mass is 302 g/mol. The quantitative estimate of drug-likeness (QED) is 0.877. The van der Waals surface area contributed by atoms with Crippen LogP contribution in [-0.2, 0) is 28.9 Å². The smallest absolute Gasteiger partial charge is 0.310 e. The van der Waals surface area contributed by atoms with Crippen LogP contribution in [0.1, 0.15) is 17.7 Å². The van der Waals surface area contributed by atoms with Crippen LogP contribution in [0.2, 0.25) is 0 Å². The maximum Gasteiger partial charge on any atom is 0.310 e. The first-order valence-electron chi connectivity index (χ1n) is 7.60. The zero-order chi connectivity index (χ0) is 15.7. The molecule has 5 heteroatoms. The number of rotatable bonds is 4. The first kappa shape index (κ1) is 14.9. The third-order valence-corrected chi connectivity index (χ3v) is 4.58. The summed E-state index contributed by atoms with van der Waals surface area (Å²) in [6.07, 6.45) is 2.36. The standard InChI is InChI=1S/C17H22N2O3/c1-18-11-4-6-15-14(9-17(20)22-3)13-8-12(21-2)5-7-16(13)19(15)10-11/h5,7-8,11,18H,4,6,9-10H2,1-3H3. The molecule has 1 aliphatic heterocycles. The molecule has 0 saturated heterocycles. The Balaban J connectivity index is 2.16. The molecule has 1 N–H and O–H groups in total. The van der Waals surface area contributed by atoms with E-state index in [1.807, 2.05) is 19.2 Å². The first-order chi connectivity index (χ1) is 10.7. The second-order valence-corrected chi connectivity index (χ2v) is 5.70. The predicted octanol–water partition coefficient (Wildman–Crippen LogP) is 1.90. The molecule has 3 rings (SSSR count). The van der Waals surface area contributed by atoms with Crippen molar-refractivity contribution in [3.8, 4) is 5.75 Å². The fraction of sp³-hybridized carbons (Fsp3) is 0.471. The van der Waals surface area contributed by atoms with E-state index in [9.17, 15) is 4.79 Å². The molecule has 0 fully saturated rings. The summed E-state index contributed by atoms with van der Waals surface area (Å²) in [5.74, 6) is 0.612. The van der Waals surface area contributed by atoms with Crippen LogP contribution in [0, 0.1) is 0 Å². The summed E-state index contributed by atoms with van der Waals surface area (Å²) in [7, 11) is 5.10. The minimum Gasteiger partial charge on any atom is -0.497 e. The molecule has 1 aromatic heterocycles. The Labute approximate surface area is 130 Å². The van der Waals surface area contributed by atoms with Gasteiger partial charge in [-0.15, -0.1) is 0 Å². The highest BCUT2D eigenvalue weighted by Crippen LogP contribution is 2.33. The van der Waals surface area contributed by atoms with Gasteiger partial charge in [-0.25, -0.2) is 0 Å². The molecule has 2 heterocycles. The second kappa shape index (κ2) is 6.01. The zero-order valence-electron chi connectivity index (χ0n) is 13.3. The summed E-state index contributed by atoms with van der Waals surface area (Å²) in [5, 5.41) is 4.45. The van der Waals surface area contributed by atoms with Crippen molar-refractivity contribution in [2.75, 3.05) is 21.3 Å². The average molecular weight is 302 g/mol. The lowest BCUT2D eigenvalue weighted by molar-refractivity contribution is -0.139. The van der Waals surface area contributed by atoms with Crippen molar-refractivity contribution in [2.45, 2.75) is 31.8 Å². The molecular weight excluding hydrogens is 280 g/mol. The molecular formula is C17H22N2O3. The molecule has 0 radical (unpaired) electrons. The molecule has 22 heavy (non-hydrogen) atoms. The largest absolute Gasteiger partial charge is 0.497 e. The van der Waals surface area contributed by atoms with Crippen LogP contribution in [0.3, 0.4) is 0 Å². The van der Waals surface area contributed by atoms with Crippen LogP contribution in [-0.4, -0.2) is 37.8 Å². The number of carbonyl (C=O) groups excluding carboxylic acids is 1. The highest BCUT2D eigenvalue weighted by atomic mass is 16.5. The van der Waals surface area contributed by atoms with Gasteiger partial charge < -0.3 is 19.4 Å². The molecule has 0 saturated carbocycles. The number of methoxy groups -OCH3 is 2. The lowest BCUT2D eigenvalue weighted by Crippen LogP contribution is -2.35. The number of hydrogen-bond acceptors (Lipinski definition) is 4. The third-order valence-electron chi connectivity index (χ3n) is 4.58. The van der Waals surface area contributed by atoms with Gasteiger partial charge in [0.15, 0.2) is 0 Å². The molecule has 2 aromatic rings. The summed E-state index contributed by atoms with van der Waals surface area (Å²) >= 11 is 0. The fourth-order valence-electron chi connectivity index (χ4n) is 3.35. The molecule has 0 amide bonds. The number of aromatic nitrogens is 1. The summed E-state index contributed by atoms with van der Waals surface area (Å²) in [6.45, 7) is 0.926. The summed E-state index contributed by atoms with van der Waals surface area (Å²) < 4.78 is 12.5. The Morgan fingerprint density at radius 2 is 2.23 bits per heavy atom. The number of carbonyl (C=O) groups is 1. The van der Waals surface area contributed by atoms with Crippen molar-refractivity contribution < 1.29 is 14.3 Å². The van der Waals surface area contributed by atoms with Gasteiger partial charge in [-0.3, -0.25) is 4.79 Å². The second-order valence-electron chi connectivity index (χ2n) is 5.70. The van der Waals surface area contributed by atoms with Crippen molar-refractivity contribution in [3.05, 3.63) is 29.5 Å². The van der Waals surface area contributed by atoms with Crippen LogP contribution in [0.4, 0.5) is 0 Å². The summed E-state index contributed by atoms with van der Waals surface area (Å²) in [6, 6.07) is 6.54. The number of benzene rings is 1. The van der Waals surface area contributed by atoms with Gasteiger partial charge in [0.1, 0.15) is 5.75 Å². The van der Waals surface area contributed by atoms with E-state index < -0.39 is 0 Å². The number of nitrogens with one attached hydrogen (secondary N) is 1. The lowest BCUT2D eigenvalue weighted by Gasteiger charge is -2.25. The molecule has 1 unspecified atom stereocenters. The van der Waals surface area contributed by atoms with Crippen molar-refractivity contribution in [1.82, 2.24) is 9.88 Å². The van der Waals surface area contributed by atoms with E-state index in [-0.39, 0.29) is 5.97 Å². The highest BCUT2D eigenvalue weighted by Gasteiger charge is 2.25. The first-order valence-corrected chi connectivity index (χ1v) is 7.60. The number of fused-ring (bicyclic) bond motifs is 3. The molecule has 5 nitrogen and oxygen atoms in total. The van der Waals surface area contributed by atoms with E-state index in [4.69, 9.17) is 9.47 Å². The number of esters is 1. The highest BCUT2D eigenvalue weighted by molar-refractivity contribution is 5.90. The zero-order valence-corrected chi connectivity index (χ0v) is 13.3. The molecule has 1 aromatic carbocycles. The maximum absolute atomic E-state index is 11.8. The van der Waals surface area contributed by atoms with Gasteiger partial charge in [-0.2, -0.15) is 0 Å². The van der Waals surface area contributed by atoms with Crippen molar-refractivity contribution in [2.24, 2.45) is 0 Å². The number of hydrogen-bond donors (Lipinski definition) is 1. The van der Waals surface area contributed by atoms with E-state index in [1.54, 1.807) is 7.11 Å². The van der Waals surface area contributed by atoms with Crippen LogP contribution in [0.25, 0.3) is 10.9 Å². The molecule has 1 aliphatic rings. The van der Waals surface area contributed by atoms with Gasteiger partial charge in [0.25, 0.3) is 0 Å². The Bertz CT molecular complexity index is 705. The van der Waals surface area contributed by atoms with E-state index in [0.717, 1.165) is 41.6 Å². The number of ether oxygens (including phenoxy) is 2. The van der Waals surface area contributed by atoms with Crippen LogP contribution < -0.4 is 10.1 Å². The van der Waals surface area contributed by atoms with Gasteiger partial charge in [-0.05, 0) is 43.7 Å². The van der Waals surface area contributed by atoms with E-state index in [2.05, 4.69) is 16.0 Å². The van der Waals surface area contributed by atoms with Gasteiger partial charge >= 0.3 is 5.97 Å². The van der Waals surface area contributed by atoms with Crippen molar-refractivity contribution in [1.29, 1.82) is 0 Å². The summed E-state index contributed by atoms with van der Waals surface area (Å²) in [5.41, 5.74) is 3.49. The summed E-state index contributed by atoms with van der Waals surface area (Å²) in [4.78, 5) is 11.8. The fourth-order valence-corrected chi connectivity index (χ4v) is 3.35. The topological polar surface area (TPSA) is 52.5 Å². The number of nitrogens with zero attached hydrogens (tertiary/aromatic N) is 1. The molecule has 0 spiro atoms. The van der Waals surface area contributed by atoms with Crippen molar-refractivity contribution >= 4 is 16.9 Å². The normalized spacial score (nSPS) is 17.3. The lowest BCUT2D eigenvalue weighted by atomic mass is 10.0.